The van der Waals surface area contributed by atoms with Crippen molar-refractivity contribution in [2.45, 2.75) is 26.7 Å². The van der Waals surface area contributed by atoms with Crippen LogP contribution in [0.5, 0.6) is 0 Å². The molecule has 2 N–H and O–H groups in total. The van der Waals surface area contributed by atoms with Crippen molar-refractivity contribution in [1.82, 2.24) is 5.32 Å². The molecule has 106 valence electrons. The van der Waals surface area contributed by atoms with E-state index >= 15 is 0 Å². The van der Waals surface area contributed by atoms with Gasteiger partial charge >= 0.3 is 0 Å². The molecule has 4 nitrogen and oxygen atoms in total. The van der Waals surface area contributed by atoms with Crippen LogP contribution in [0, 0.1) is 19.8 Å². The standard InChI is InChI=1S/C14H22N2O2S/c1-11-5-3-7-14(12(11)2)16-19(17,18)10-13-6-4-8-15-9-13/h3,5,7,13,15-16H,4,6,8-10H2,1-2H3. The van der Waals surface area contributed by atoms with E-state index < -0.39 is 10.0 Å². The lowest BCUT2D eigenvalue weighted by atomic mass is 10.0. The van der Waals surface area contributed by atoms with Gasteiger partial charge in [0.15, 0.2) is 0 Å². The molecule has 1 atom stereocenters. The number of hydrogen-bond donors (Lipinski definition) is 2. The van der Waals surface area contributed by atoms with Crippen molar-refractivity contribution in [1.29, 1.82) is 0 Å². The summed E-state index contributed by atoms with van der Waals surface area (Å²) in [5.41, 5.74) is 2.79. The van der Waals surface area contributed by atoms with Crippen molar-refractivity contribution in [2.24, 2.45) is 5.92 Å². The summed E-state index contributed by atoms with van der Waals surface area (Å²) in [4.78, 5) is 0. The predicted octanol–water partition coefficient (Wildman–Crippen LogP) is 2.04. The fourth-order valence-corrected chi connectivity index (χ4v) is 3.99. The van der Waals surface area contributed by atoms with E-state index in [0.717, 1.165) is 37.1 Å². The van der Waals surface area contributed by atoms with Gasteiger partial charge in [-0.05, 0) is 62.9 Å². The number of piperidine rings is 1. The van der Waals surface area contributed by atoms with Crippen molar-refractivity contribution in [2.75, 3.05) is 23.6 Å². The molecule has 0 aliphatic carbocycles. The van der Waals surface area contributed by atoms with E-state index in [1.54, 1.807) is 0 Å². The monoisotopic (exact) mass is 282 g/mol. The Morgan fingerprint density at radius 3 is 2.84 bits per heavy atom. The fraction of sp³-hybridized carbons (Fsp3) is 0.571. The smallest absolute Gasteiger partial charge is 0.233 e. The summed E-state index contributed by atoms with van der Waals surface area (Å²) in [5, 5.41) is 3.25. The van der Waals surface area contributed by atoms with Crippen LogP contribution in [0.1, 0.15) is 24.0 Å². The molecule has 19 heavy (non-hydrogen) atoms. The molecule has 1 aromatic carbocycles. The molecule has 0 bridgehead atoms. The lowest BCUT2D eigenvalue weighted by molar-refractivity contribution is 0.404. The van der Waals surface area contributed by atoms with Crippen LogP contribution in [0.15, 0.2) is 18.2 Å². The van der Waals surface area contributed by atoms with E-state index in [4.69, 9.17) is 0 Å². The number of anilines is 1. The second-order valence-corrected chi connectivity index (χ2v) is 7.11. The highest BCUT2D eigenvalue weighted by atomic mass is 32.2. The minimum atomic E-state index is -3.26. The third kappa shape index (κ3) is 3.94. The van der Waals surface area contributed by atoms with Crippen LogP contribution in [0.4, 0.5) is 5.69 Å². The highest BCUT2D eigenvalue weighted by molar-refractivity contribution is 7.92. The first-order valence-electron chi connectivity index (χ1n) is 6.75. The lowest BCUT2D eigenvalue weighted by Crippen LogP contribution is -2.35. The average molecular weight is 282 g/mol. The molecule has 1 fully saturated rings. The summed E-state index contributed by atoms with van der Waals surface area (Å²) >= 11 is 0. The Morgan fingerprint density at radius 2 is 2.16 bits per heavy atom. The Hall–Kier alpha value is -1.07. The zero-order chi connectivity index (χ0) is 13.9. The van der Waals surface area contributed by atoms with Crippen molar-refractivity contribution in [3.05, 3.63) is 29.3 Å². The second-order valence-electron chi connectivity index (χ2n) is 5.34. The maximum Gasteiger partial charge on any atom is 0.233 e. The van der Waals surface area contributed by atoms with E-state index in [-0.39, 0.29) is 11.7 Å². The molecule has 5 heteroatoms. The van der Waals surface area contributed by atoms with E-state index in [9.17, 15) is 8.42 Å². The molecule has 0 radical (unpaired) electrons. The van der Waals surface area contributed by atoms with Crippen LogP contribution >= 0.6 is 0 Å². The molecule has 1 aliphatic rings. The molecule has 0 amide bonds. The molecule has 1 saturated heterocycles. The van der Waals surface area contributed by atoms with Crippen molar-refractivity contribution >= 4 is 15.7 Å². The number of hydrogen-bond acceptors (Lipinski definition) is 3. The number of rotatable bonds is 4. The van der Waals surface area contributed by atoms with Crippen LogP contribution in [-0.4, -0.2) is 27.3 Å². The average Bonchev–Trinajstić information content (AvgIpc) is 2.35. The molecule has 0 saturated carbocycles. The molecule has 1 unspecified atom stereocenters. The van der Waals surface area contributed by atoms with Gasteiger partial charge in [-0.15, -0.1) is 0 Å². The van der Waals surface area contributed by atoms with E-state index in [2.05, 4.69) is 10.0 Å². The molecule has 1 heterocycles. The Kier molecular flexibility index (Phi) is 4.47. The number of aryl methyl sites for hydroxylation is 1. The first-order valence-corrected chi connectivity index (χ1v) is 8.40. The molecule has 0 spiro atoms. The minimum absolute atomic E-state index is 0.202. The van der Waals surface area contributed by atoms with Gasteiger partial charge in [0, 0.05) is 0 Å². The van der Waals surface area contributed by atoms with Gasteiger partial charge in [-0.3, -0.25) is 4.72 Å². The predicted molar refractivity (Wildman–Crippen MR) is 78.9 cm³/mol. The molecular formula is C14H22N2O2S. The van der Waals surface area contributed by atoms with Crippen LogP contribution in [0.2, 0.25) is 0 Å². The summed E-state index contributed by atoms with van der Waals surface area (Å²) in [6.45, 7) is 5.72. The summed E-state index contributed by atoms with van der Waals surface area (Å²) in [6, 6.07) is 5.68. The normalized spacial score (nSPS) is 20.2. The summed E-state index contributed by atoms with van der Waals surface area (Å²) in [6.07, 6.45) is 2.05. The Bertz CT molecular complexity index is 534. The van der Waals surface area contributed by atoms with Crippen LogP contribution < -0.4 is 10.0 Å². The van der Waals surface area contributed by atoms with Gasteiger partial charge in [-0.2, -0.15) is 0 Å². The van der Waals surface area contributed by atoms with Gasteiger partial charge < -0.3 is 5.32 Å². The van der Waals surface area contributed by atoms with E-state index in [1.807, 2.05) is 32.0 Å². The second kappa shape index (κ2) is 5.92. The third-order valence-corrected chi connectivity index (χ3v) is 5.17. The Labute approximate surface area is 115 Å². The quantitative estimate of drug-likeness (QED) is 0.888. The Balaban J connectivity index is 2.06. The highest BCUT2D eigenvalue weighted by Gasteiger charge is 2.21. The summed E-state index contributed by atoms with van der Waals surface area (Å²) < 4.78 is 27.1. The van der Waals surface area contributed by atoms with Gasteiger partial charge in [-0.1, -0.05) is 12.1 Å². The zero-order valence-electron chi connectivity index (χ0n) is 11.6. The molecule has 2 rings (SSSR count). The van der Waals surface area contributed by atoms with Gasteiger partial charge in [-0.25, -0.2) is 8.42 Å². The minimum Gasteiger partial charge on any atom is -0.316 e. The van der Waals surface area contributed by atoms with E-state index in [1.165, 1.54) is 0 Å². The molecule has 0 aromatic heterocycles. The lowest BCUT2D eigenvalue weighted by Gasteiger charge is -2.23. The number of nitrogens with one attached hydrogen (secondary N) is 2. The maximum atomic E-state index is 12.2. The highest BCUT2D eigenvalue weighted by Crippen LogP contribution is 2.21. The van der Waals surface area contributed by atoms with Crippen molar-refractivity contribution in [3.63, 3.8) is 0 Å². The molecule has 1 aromatic rings. The first kappa shape index (κ1) is 14.3. The van der Waals surface area contributed by atoms with Gasteiger partial charge in [0.1, 0.15) is 0 Å². The van der Waals surface area contributed by atoms with Crippen LogP contribution in [0.25, 0.3) is 0 Å². The first-order chi connectivity index (χ1) is 8.98. The largest absolute Gasteiger partial charge is 0.316 e. The van der Waals surface area contributed by atoms with Gasteiger partial charge in [0.2, 0.25) is 10.0 Å². The molecular weight excluding hydrogens is 260 g/mol. The summed E-state index contributed by atoms with van der Waals surface area (Å²) in [5.74, 6) is 0.421. The zero-order valence-corrected chi connectivity index (χ0v) is 12.4. The van der Waals surface area contributed by atoms with Gasteiger partial charge in [0.05, 0.1) is 11.4 Å². The fourth-order valence-electron chi connectivity index (χ4n) is 2.45. The maximum absolute atomic E-state index is 12.2. The van der Waals surface area contributed by atoms with Crippen LogP contribution in [-0.2, 0) is 10.0 Å². The number of sulfonamides is 1. The third-order valence-electron chi connectivity index (χ3n) is 3.72. The molecule has 1 aliphatic heterocycles. The number of benzene rings is 1. The SMILES string of the molecule is Cc1cccc(NS(=O)(=O)CC2CCCNC2)c1C. The summed E-state index contributed by atoms with van der Waals surface area (Å²) in [7, 11) is -3.26. The Morgan fingerprint density at radius 1 is 1.37 bits per heavy atom. The van der Waals surface area contributed by atoms with Crippen LogP contribution in [0.3, 0.4) is 0 Å². The van der Waals surface area contributed by atoms with Crippen molar-refractivity contribution in [3.8, 4) is 0 Å². The topological polar surface area (TPSA) is 58.2 Å². The van der Waals surface area contributed by atoms with Gasteiger partial charge in [0.25, 0.3) is 0 Å². The van der Waals surface area contributed by atoms with E-state index in [0.29, 0.717) is 5.69 Å². The van der Waals surface area contributed by atoms with Crippen molar-refractivity contribution < 1.29 is 8.42 Å².